The predicted octanol–water partition coefficient (Wildman–Crippen LogP) is -1.39. The molecule has 0 aromatic carbocycles. The van der Waals surface area contributed by atoms with E-state index in [1.165, 1.54) is 0 Å². The van der Waals surface area contributed by atoms with Crippen LogP contribution in [0, 0.1) is 5.92 Å². The normalized spacial score (nSPS) is 25.8. The molecule has 0 saturated carbocycles. The molecule has 2 amide bonds. The van der Waals surface area contributed by atoms with Crippen LogP contribution in [0.1, 0.15) is 6.42 Å². The average molecular weight is 128 g/mol. The number of hydrogen-bond donors (Lipinski definition) is 2. The van der Waals surface area contributed by atoms with Crippen LogP contribution in [0.2, 0.25) is 0 Å². The molecule has 50 valence electrons. The topological polar surface area (TPSA) is 72.2 Å². The molecule has 4 heteroatoms. The van der Waals surface area contributed by atoms with Gasteiger partial charge in [-0.25, -0.2) is 0 Å². The zero-order valence-corrected chi connectivity index (χ0v) is 4.89. The van der Waals surface area contributed by atoms with E-state index < -0.39 is 5.91 Å². The molecule has 1 saturated heterocycles. The lowest BCUT2D eigenvalue weighted by atomic mass is 10.1. The highest BCUT2D eigenvalue weighted by molar-refractivity contribution is 5.88. The zero-order valence-electron chi connectivity index (χ0n) is 4.89. The van der Waals surface area contributed by atoms with Crippen LogP contribution in [0.3, 0.4) is 0 Å². The van der Waals surface area contributed by atoms with Crippen molar-refractivity contribution in [3.63, 3.8) is 0 Å². The van der Waals surface area contributed by atoms with Crippen LogP contribution >= 0.6 is 0 Å². The Kier molecular flexibility index (Phi) is 1.38. The molecule has 0 spiro atoms. The minimum atomic E-state index is -0.395. The average Bonchev–Trinajstić information content (AvgIpc) is 2.14. The van der Waals surface area contributed by atoms with E-state index in [-0.39, 0.29) is 18.2 Å². The van der Waals surface area contributed by atoms with E-state index in [0.717, 1.165) is 0 Å². The Balaban J connectivity index is 2.48. The van der Waals surface area contributed by atoms with Crippen molar-refractivity contribution in [2.45, 2.75) is 6.42 Å². The molecular weight excluding hydrogens is 120 g/mol. The number of amides is 2. The Morgan fingerprint density at radius 3 is 2.67 bits per heavy atom. The van der Waals surface area contributed by atoms with Crippen molar-refractivity contribution < 1.29 is 9.59 Å². The summed E-state index contributed by atoms with van der Waals surface area (Å²) >= 11 is 0. The van der Waals surface area contributed by atoms with Gasteiger partial charge in [-0.05, 0) is 0 Å². The first-order valence-corrected chi connectivity index (χ1v) is 2.76. The van der Waals surface area contributed by atoms with Crippen LogP contribution < -0.4 is 11.1 Å². The van der Waals surface area contributed by atoms with E-state index in [1.54, 1.807) is 0 Å². The van der Waals surface area contributed by atoms with Crippen LogP contribution in [0.4, 0.5) is 0 Å². The molecule has 0 aromatic rings. The van der Waals surface area contributed by atoms with E-state index >= 15 is 0 Å². The lowest BCUT2D eigenvalue weighted by Crippen LogP contribution is -2.24. The molecule has 1 heterocycles. The van der Waals surface area contributed by atoms with Crippen molar-refractivity contribution in [3.05, 3.63) is 0 Å². The fraction of sp³-hybridized carbons (Fsp3) is 0.600. The third-order valence-electron chi connectivity index (χ3n) is 1.38. The molecule has 1 aliphatic heterocycles. The van der Waals surface area contributed by atoms with Gasteiger partial charge in [0.1, 0.15) is 0 Å². The van der Waals surface area contributed by atoms with Crippen LogP contribution in [-0.4, -0.2) is 18.4 Å². The Hall–Kier alpha value is -1.06. The molecule has 1 rings (SSSR count). The quantitative estimate of drug-likeness (QED) is 0.456. The third kappa shape index (κ3) is 1.19. The Bertz CT molecular complexity index is 155. The number of hydrogen-bond acceptors (Lipinski definition) is 2. The summed E-state index contributed by atoms with van der Waals surface area (Å²) in [5, 5.41) is 2.51. The van der Waals surface area contributed by atoms with Gasteiger partial charge in [0.15, 0.2) is 0 Å². The zero-order chi connectivity index (χ0) is 6.85. The van der Waals surface area contributed by atoms with E-state index in [0.29, 0.717) is 6.54 Å². The van der Waals surface area contributed by atoms with Crippen molar-refractivity contribution in [2.24, 2.45) is 11.7 Å². The smallest absolute Gasteiger partial charge is 0.222 e. The molecular formula is C5H8N2O2. The molecule has 9 heavy (non-hydrogen) atoms. The molecule has 0 radical (unpaired) electrons. The molecule has 4 nitrogen and oxygen atoms in total. The summed E-state index contributed by atoms with van der Waals surface area (Å²) in [5.74, 6) is -0.760. The van der Waals surface area contributed by atoms with Gasteiger partial charge in [0.2, 0.25) is 11.8 Å². The third-order valence-corrected chi connectivity index (χ3v) is 1.38. The van der Waals surface area contributed by atoms with Crippen molar-refractivity contribution in [2.75, 3.05) is 6.54 Å². The molecule has 0 bridgehead atoms. The second kappa shape index (κ2) is 2.05. The second-order valence-corrected chi connectivity index (χ2v) is 2.11. The van der Waals surface area contributed by atoms with Crippen molar-refractivity contribution in [1.29, 1.82) is 0 Å². The summed E-state index contributed by atoms with van der Waals surface area (Å²) in [4.78, 5) is 20.8. The molecule has 0 aliphatic carbocycles. The molecule has 0 unspecified atom stereocenters. The van der Waals surface area contributed by atoms with Crippen LogP contribution in [0.5, 0.6) is 0 Å². The van der Waals surface area contributed by atoms with Gasteiger partial charge in [0.25, 0.3) is 0 Å². The number of nitrogens with two attached hydrogens (primary N) is 1. The first-order valence-electron chi connectivity index (χ1n) is 2.76. The number of nitrogens with one attached hydrogen (secondary N) is 1. The fourth-order valence-corrected chi connectivity index (χ4v) is 0.806. The maximum Gasteiger partial charge on any atom is 0.222 e. The summed E-state index contributed by atoms with van der Waals surface area (Å²) in [6, 6.07) is 0. The van der Waals surface area contributed by atoms with Crippen LogP contribution in [0.15, 0.2) is 0 Å². The van der Waals surface area contributed by atoms with Crippen molar-refractivity contribution >= 4 is 11.8 Å². The van der Waals surface area contributed by atoms with Gasteiger partial charge in [0, 0.05) is 13.0 Å². The molecule has 1 atom stereocenters. The molecule has 1 aliphatic rings. The van der Waals surface area contributed by atoms with Crippen LogP contribution in [0.25, 0.3) is 0 Å². The highest BCUT2D eigenvalue weighted by atomic mass is 16.2. The number of primary amides is 1. The van der Waals surface area contributed by atoms with E-state index in [1.807, 2.05) is 0 Å². The summed E-state index contributed by atoms with van der Waals surface area (Å²) in [5.41, 5.74) is 4.93. The summed E-state index contributed by atoms with van der Waals surface area (Å²) in [6.45, 7) is 0.411. The molecule has 0 aromatic heterocycles. The van der Waals surface area contributed by atoms with Gasteiger partial charge in [-0.15, -0.1) is 0 Å². The highest BCUT2D eigenvalue weighted by Crippen LogP contribution is 2.06. The van der Waals surface area contributed by atoms with Gasteiger partial charge in [-0.2, -0.15) is 0 Å². The first-order chi connectivity index (χ1) is 4.20. The summed E-state index contributed by atoms with van der Waals surface area (Å²) < 4.78 is 0. The van der Waals surface area contributed by atoms with Gasteiger partial charge in [-0.1, -0.05) is 0 Å². The number of carbonyl (C=O) groups excluding carboxylic acids is 2. The summed E-state index contributed by atoms with van der Waals surface area (Å²) in [6.07, 6.45) is 0.259. The Morgan fingerprint density at radius 2 is 2.44 bits per heavy atom. The minimum Gasteiger partial charge on any atom is -0.369 e. The standard InChI is InChI=1S/C5H8N2O2/c6-5(9)3-1-4(8)7-2-3/h3H,1-2H2,(H2,6,9)(H,7,8)/t3-/m1/s1. The highest BCUT2D eigenvalue weighted by Gasteiger charge is 2.25. The van der Waals surface area contributed by atoms with Crippen molar-refractivity contribution in [3.8, 4) is 0 Å². The van der Waals surface area contributed by atoms with Gasteiger partial charge >= 0.3 is 0 Å². The maximum absolute atomic E-state index is 10.4. The molecule has 1 fully saturated rings. The fourth-order valence-electron chi connectivity index (χ4n) is 0.806. The number of rotatable bonds is 1. The lowest BCUT2D eigenvalue weighted by Gasteiger charge is -1.96. The van der Waals surface area contributed by atoms with Gasteiger partial charge in [0.05, 0.1) is 5.92 Å². The lowest BCUT2D eigenvalue weighted by molar-refractivity contribution is -0.124. The van der Waals surface area contributed by atoms with Gasteiger partial charge in [-0.3, -0.25) is 9.59 Å². The summed E-state index contributed by atoms with van der Waals surface area (Å²) in [7, 11) is 0. The predicted molar refractivity (Wildman–Crippen MR) is 30.3 cm³/mol. The van der Waals surface area contributed by atoms with Crippen molar-refractivity contribution in [1.82, 2.24) is 5.32 Å². The second-order valence-electron chi connectivity index (χ2n) is 2.11. The number of carbonyl (C=O) groups is 2. The van der Waals surface area contributed by atoms with Crippen LogP contribution in [-0.2, 0) is 9.59 Å². The Morgan fingerprint density at radius 1 is 1.78 bits per heavy atom. The van der Waals surface area contributed by atoms with E-state index in [4.69, 9.17) is 5.73 Å². The minimum absolute atomic E-state index is 0.0844. The molecule has 3 N–H and O–H groups in total. The SMILES string of the molecule is NC(=O)[C@H]1CNC(=O)C1. The monoisotopic (exact) mass is 128 g/mol. The first kappa shape index (κ1) is 6.07. The van der Waals surface area contributed by atoms with Gasteiger partial charge < -0.3 is 11.1 Å². The van der Waals surface area contributed by atoms with E-state index in [9.17, 15) is 9.59 Å². The Labute approximate surface area is 52.4 Å². The maximum atomic E-state index is 10.4. The van der Waals surface area contributed by atoms with E-state index in [2.05, 4.69) is 5.32 Å². The largest absolute Gasteiger partial charge is 0.369 e.